The van der Waals surface area contributed by atoms with E-state index in [1.165, 1.54) is 58.0 Å². The van der Waals surface area contributed by atoms with Crippen molar-refractivity contribution < 1.29 is 0 Å². The maximum atomic E-state index is 3.60. The molecule has 1 aliphatic heterocycles. The molecular weight excluding hydrogens is 182 g/mol. The largest absolute Gasteiger partial charge is 0.316 e. The van der Waals surface area contributed by atoms with Gasteiger partial charge in [-0.05, 0) is 68.7 Å². The third kappa shape index (κ3) is 2.96. The maximum Gasteiger partial charge on any atom is 0.000782 e. The van der Waals surface area contributed by atoms with Gasteiger partial charge in [-0.15, -0.1) is 0 Å². The van der Waals surface area contributed by atoms with Crippen molar-refractivity contribution in [2.75, 3.05) is 13.1 Å². The standard InChI is InChI=1S/C14H27N/c1-12(2)10-13-4-7-14(8-5-13)6-3-9-15-11-14/h12-13,15H,3-11H2,1-2H3. The Morgan fingerprint density at radius 1 is 1.20 bits per heavy atom. The van der Waals surface area contributed by atoms with Gasteiger partial charge in [-0.2, -0.15) is 0 Å². The molecule has 2 aliphatic rings. The van der Waals surface area contributed by atoms with E-state index in [1.807, 2.05) is 0 Å². The van der Waals surface area contributed by atoms with E-state index in [4.69, 9.17) is 0 Å². The highest BCUT2D eigenvalue weighted by Gasteiger charge is 2.36. The summed E-state index contributed by atoms with van der Waals surface area (Å²) in [6.07, 6.45) is 10.4. The summed E-state index contributed by atoms with van der Waals surface area (Å²) in [5.74, 6) is 1.94. The van der Waals surface area contributed by atoms with Crippen LogP contribution in [0.5, 0.6) is 0 Å². The van der Waals surface area contributed by atoms with Crippen molar-refractivity contribution in [3.05, 3.63) is 0 Å². The summed E-state index contributed by atoms with van der Waals surface area (Å²) >= 11 is 0. The summed E-state index contributed by atoms with van der Waals surface area (Å²) in [6, 6.07) is 0. The van der Waals surface area contributed by atoms with Crippen LogP contribution in [0.25, 0.3) is 0 Å². The van der Waals surface area contributed by atoms with E-state index < -0.39 is 0 Å². The molecule has 0 aromatic heterocycles. The van der Waals surface area contributed by atoms with Crippen LogP contribution in [0.15, 0.2) is 0 Å². The summed E-state index contributed by atoms with van der Waals surface area (Å²) in [5.41, 5.74) is 0.714. The van der Waals surface area contributed by atoms with Gasteiger partial charge in [-0.3, -0.25) is 0 Å². The monoisotopic (exact) mass is 209 g/mol. The van der Waals surface area contributed by atoms with Crippen molar-refractivity contribution in [2.45, 2.75) is 58.8 Å². The maximum absolute atomic E-state index is 3.60. The van der Waals surface area contributed by atoms with Gasteiger partial charge in [0.25, 0.3) is 0 Å². The molecule has 2 rings (SSSR count). The van der Waals surface area contributed by atoms with Gasteiger partial charge in [0.2, 0.25) is 0 Å². The number of rotatable bonds is 2. The fourth-order valence-corrected chi connectivity index (χ4v) is 3.65. The van der Waals surface area contributed by atoms with Crippen LogP contribution in [0.2, 0.25) is 0 Å². The van der Waals surface area contributed by atoms with Crippen molar-refractivity contribution in [1.29, 1.82) is 0 Å². The molecule has 0 unspecified atom stereocenters. The number of hydrogen-bond donors (Lipinski definition) is 1. The smallest absolute Gasteiger partial charge is 0.000782 e. The lowest BCUT2D eigenvalue weighted by molar-refractivity contribution is 0.104. The van der Waals surface area contributed by atoms with Gasteiger partial charge in [0.1, 0.15) is 0 Å². The van der Waals surface area contributed by atoms with Gasteiger partial charge in [0.15, 0.2) is 0 Å². The molecule has 0 atom stereocenters. The van der Waals surface area contributed by atoms with Gasteiger partial charge >= 0.3 is 0 Å². The van der Waals surface area contributed by atoms with E-state index in [0.717, 1.165) is 11.8 Å². The number of nitrogens with one attached hydrogen (secondary N) is 1. The molecule has 88 valence electrons. The zero-order valence-corrected chi connectivity index (χ0v) is 10.5. The topological polar surface area (TPSA) is 12.0 Å². The minimum atomic E-state index is 0.714. The van der Waals surface area contributed by atoms with E-state index in [1.54, 1.807) is 0 Å². The molecule has 1 heterocycles. The van der Waals surface area contributed by atoms with Crippen LogP contribution in [0.1, 0.15) is 58.8 Å². The average molecular weight is 209 g/mol. The van der Waals surface area contributed by atoms with E-state index >= 15 is 0 Å². The fourth-order valence-electron chi connectivity index (χ4n) is 3.65. The lowest BCUT2D eigenvalue weighted by Crippen LogP contribution is -2.42. The average Bonchev–Trinajstić information content (AvgIpc) is 2.23. The van der Waals surface area contributed by atoms with Gasteiger partial charge in [0, 0.05) is 6.54 Å². The van der Waals surface area contributed by atoms with E-state index in [-0.39, 0.29) is 0 Å². The third-order valence-corrected chi connectivity index (χ3v) is 4.53. The van der Waals surface area contributed by atoms with Gasteiger partial charge in [-0.25, -0.2) is 0 Å². The highest BCUT2D eigenvalue weighted by atomic mass is 14.9. The summed E-state index contributed by atoms with van der Waals surface area (Å²) in [6.45, 7) is 7.30. The highest BCUT2D eigenvalue weighted by Crippen LogP contribution is 2.44. The predicted octanol–water partition coefficient (Wildman–Crippen LogP) is 3.59. The Morgan fingerprint density at radius 3 is 2.47 bits per heavy atom. The van der Waals surface area contributed by atoms with Crippen LogP contribution in [0, 0.1) is 17.3 Å². The van der Waals surface area contributed by atoms with Gasteiger partial charge in [0.05, 0.1) is 0 Å². The molecule has 2 fully saturated rings. The van der Waals surface area contributed by atoms with E-state index in [9.17, 15) is 0 Å². The summed E-state index contributed by atoms with van der Waals surface area (Å²) in [7, 11) is 0. The fraction of sp³-hybridized carbons (Fsp3) is 1.00. The van der Waals surface area contributed by atoms with Crippen molar-refractivity contribution in [3.8, 4) is 0 Å². The number of piperidine rings is 1. The first kappa shape index (κ1) is 11.4. The van der Waals surface area contributed by atoms with Crippen molar-refractivity contribution in [1.82, 2.24) is 5.32 Å². The molecule has 0 aromatic carbocycles. The zero-order chi connectivity index (χ0) is 10.7. The van der Waals surface area contributed by atoms with Gasteiger partial charge in [-0.1, -0.05) is 13.8 Å². The Balaban J connectivity index is 1.80. The summed E-state index contributed by atoms with van der Waals surface area (Å²) in [5, 5.41) is 3.60. The lowest BCUT2D eigenvalue weighted by atomic mass is 9.66. The molecule has 1 heteroatoms. The first-order valence-corrected chi connectivity index (χ1v) is 6.91. The third-order valence-electron chi connectivity index (χ3n) is 4.53. The second kappa shape index (κ2) is 4.86. The quantitative estimate of drug-likeness (QED) is 0.733. The normalized spacial score (nSPS) is 37.4. The molecule has 1 saturated heterocycles. The molecular formula is C14H27N. The van der Waals surface area contributed by atoms with Crippen LogP contribution in [0.4, 0.5) is 0 Å². The predicted molar refractivity (Wildman–Crippen MR) is 65.9 cm³/mol. The van der Waals surface area contributed by atoms with Crippen molar-refractivity contribution >= 4 is 0 Å². The Labute approximate surface area is 95.0 Å². The van der Waals surface area contributed by atoms with E-state index in [0.29, 0.717) is 5.41 Å². The van der Waals surface area contributed by atoms with Crippen LogP contribution >= 0.6 is 0 Å². The Morgan fingerprint density at radius 2 is 1.93 bits per heavy atom. The molecule has 0 amide bonds. The minimum Gasteiger partial charge on any atom is -0.316 e. The van der Waals surface area contributed by atoms with E-state index in [2.05, 4.69) is 19.2 Å². The molecule has 1 N–H and O–H groups in total. The molecule has 0 bridgehead atoms. The Bertz CT molecular complexity index is 182. The Hall–Kier alpha value is -0.0400. The molecule has 0 radical (unpaired) electrons. The summed E-state index contributed by atoms with van der Waals surface area (Å²) in [4.78, 5) is 0. The molecule has 1 spiro atoms. The second-order valence-corrected chi connectivity index (χ2v) is 6.35. The van der Waals surface area contributed by atoms with Crippen LogP contribution in [-0.2, 0) is 0 Å². The molecule has 1 saturated carbocycles. The van der Waals surface area contributed by atoms with Crippen molar-refractivity contribution in [3.63, 3.8) is 0 Å². The minimum absolute atomic E-state index is 0.714. The lowest BCUT2D eigenvalue weighted by Gasteiger charge is -2.43. The first-order chi connectivity index (χ1) is 7.20. The first-order valence-electron chi connectivity index (χ1n) is 6.91. The highest BCUT2D eigenvalue weighted by molar-refractivity contribution is 4.90. The zero-order valence-electron chi connectivity index (χ0n) is 10.5. The second-order valence-electron chi connectivity index (χ2n) is 6.35. The molecule has 0 aromatic rings. The van der Waals surface area contributed by atoms with Crippen LogP contribution in [0.3, 0.4) is 0 Å². The Kier molecular flexibility index (Phi) is 3.71. The van der Waals surface area contributed by atoms with Gasteiger partial charge < -0.3 is 5.32 Å². The summed E-state index contributed by atoms with van der Waals surface area (Å²) < 4.78 is 0. The van der Waals surface area contributed by atoms with Crippen molar-refractivity contribution in [2.24, 2.45) is 17.3 Å². The van der Waals surface area contributed by atoms with Crippen LogP contribution in [-0.4, -0.2) is 13.1 Å². The SMILES string of the molecule is CC(C)CC1CCC2(CCCNC2)CC1. The van der Waals surface area contributed by atoms with Crippen LogP contribution < -0.4 is 5.32 Å². The molecule has 1 nitrogen and oxygen atoms in total. The number of hydrogen-bond acceptors (Lipinski definition) is 1. The molecule has 15 heavy (non-hydrogen) atoms. The molecule has 1 aliphatic carbocycles.